The standard InChI is InChI=1S/C17H31NOS3/c1-3-13-5-7-14(8-6-13)9-18-17(19)22-12-16-11-20-15(4-2)10-21-16/h13-16H,3-12H2,1-2H3,(H,18,19). The number of hydrogen-bond donors (Lipinski definition) is 1. The predicted molar refractivity (Wildman–Crippen MR) is 104 cm³/mol. The molecular formula is C17H31NOS3. The molecule has 2 aliphatic rings. The molecule has 1 saturated heterocycles. The lowest BCUT2D eigenvalue weighted by molar-refractivity contribution is 0.246. The average Bonchev–Trinajstić information content (AvgIpc) is 2.59. The van der Waals surface area contributed by atoms with Gasteiger partial charge in [0.15, 0.2) is 0 Å². The predicted octanol–water partition coefficient (Wildman–Crippen LogP) is 5.27. The molecule has 0 spiro atoms. The first-order valence-corrected chi connectivity index (χ1v) is 11.9. The smallest absolute Gasteiger partial charge is 0.279 e. The van der Waals surface area contributed by atoms with Crippen LogP contribution < -0.4 is 5.32 Å². The number of thioether (sulfide) groups is 3. The zero-order chi connectivity index (χ0) is 15.8. The van der Waals surface area contributed by atoms with E-state index in [9.17, 15) is 4.79 Å². The molecule has 5 heteroatoms. The number of hydrogen-bond acceptors (Lipinski definition) is 4. The molecule has 2 rings (SSSR count). The van der Waals surface area contributed by atoms with Crippen molar-refractivity contribution in [3.8, 4) is 0 Å². The fourth-order valence-corrected chi connectivity index (χ4v) is 7.39. The van der Waals surface area contributed by atoms with E-state index in [1.54, 1.807) is 0 Å². The van der Waals surface area contributed by atoms with Gasteiger partial charge in [0.1, 0.15) is 0 Å². The summed E-state index contributed by atoms with van der Waals surface area (Å²) in [5.41, 5.74) is 0. The Morgan fingerprint density at radius 3 is 2.23 bits per heavy atom. The van der Waals surface area contributed by atoms with Gasteiger partial charge in [0.05, 0.1) is 0 Å². The molecule has 1 saturated carbocycles. The second-order valence-electron chi connectivity index (χ2n) is 6.59. The van der Waals surface area contributed by atoms with E-state index in [1.165, 1.54) is 61.8 Å². The highest BCUT2D eigenvalue weighted by Crippen LogP contribution is 2.33. The Labute approximate surface area is 149 Å². The van der Waals surface area contributed by atoms with Crippen molar-refractivity contribution < 1.29 is 4.79 Å². The van der Waals surface area contributed by atoms with Gasteiger partial charge in [-0.1, -0.05) is 44.9 Å². The van der Waals surface area contributed by atoms with Crippen molar-refractivity contribution in [3.63, 3.8) is 0 Å². The fourth-order valence-electron chi connectivity index (χ4n) is 3.21. The van der Waals surface area contributed by atoms with Gasteiger partial charge in [0, 0.05) is 34.3 Å². The first-order chi connectivity index (χ1) is 10.7. The number of carbonyl (C=O) groups is 1. The number of nitrogens with one attached hydrogen (secondary N) is 1. The zero-order valence-corrected chi connectivity index (χ0v) is 16.5. The Morgan fingerprint density at radius 1 is 1.00 bits per heavy atom. The lowest BCUT2D eigenvalue weighted by Crippen LogP contribution is -2.30. The molecule has 128 valence electrons. The maximum Gasteiger partial charge on any atom is 0.279 e. The Hall–Kier alpha value is 0.520. The minimum Gasteiger partial charge on any atom is -0.347 e. The number of rotatable bonds is 6. The van der Waals surface area contributed by atoms with Crippen LogP contribution in [0.15, 0.2) is 0 Å². The molecule has 1 N–H and O–H groups in total. The van der Waals surface area contributed by atoms with Gasteiger partial charge in [0.25, 0.3) is 5.24 Å². The number of amides is 1. The lowest BCUT2D eigenvalue weighted by Gasteiger charge is -2.28. The van der Waals surface area contributed by atoms with Crippen molar-refractivity contribution in [2.45, 2.75) is 62.9 Å². The molecule has 2 nitrogen and oxygen atoms in total. The molecule has 0 bridgehead atoms. The summed E-state index contributed by atoms with van der Waals surface area (Å²) in [6, 6.07) is 0. The second-order valence-corrected chi connectivity index (χ2v) is 10.3. The molecule has 1 amide bonds. The third-order valence-corrected chi connectivity index (χ3v) is 9.54. The minimum absolute atomic E-state index is 0.195. The van der Waals surface area contributed by atoms with E-state index in [-0.39, 0.29) is 5.24 Å². The fraction of sp³-hybridized carbons (Fsp3) is 0.941. The molecule has 2 atom stereocenters. The van der Waals surface area contributed by atoms with Gasteiger partial charge in [-0.05, 0) is 31.1 Å². The maximum absolute atomic E-state index is 12.0. The van der Waals surface area contributed by atoms with E-state index in [2.05, 4.69) is 42.7 Å². The van der Waals surface area contributed by atoms with Gasteiger partial charge in [-0.15, -0.1) is 0 Å². The van der Waals surface area contributed by atoms with Crippen molar-refractivity contribution in [2.75, 3.05) is 23.8 Å². The Morgan fingerprint density at radius 2 is 1.64 bits per heavy atom. The van der Waals surface area contributed by atoms with E-state index in [1.807, 2.05) is 0 Å². The van der Waals surface area contributed by atoms with Crippen LogP contribution in [0, 0.1) is 11.8 Å². The Balaban J connectivity index is 1.53. The summed E-state index contributed by atoms with van der Waals surface area (Å²) < 4.78 is 0. The summed E-state index contributed by atoms with van der Waals surface area (Å²) in [4.78, 5) is 12.0. The van der Waals surface area contributed by atoms with Crippen molar-refractivity contribution in [1.82, 2.24) is 5.32 Å². The zero-order valence-electron chi connectivity index (χ0n) is 14.0. The molecule has 2 fully saturated rings. The van der Waals surface area contributed by atoms with Gasteiger partial charge >= 0.3 is 0 Å². The Bertz CT molecular complexity index is 294. The highest BCUT2D eigenvalue weighted by atomic mass is 32.2. The summed E-state index contributed by atoms with van der Waals surface area (Å²) in [5.74, 6) is 5.10. The second kappa shape index (κ2) is 10.4. The van der Waals surface area contributed by atoms with Crippen LogP contribution in [0.25, 0.3) is 0 Å². The topological polar surface area (TPSA) is 29.1 Å². The third kappa shape index (κ3) is 6.56. The highest BCUT2D eigenvalue weighted by Gasteiger charge is 2.23. The molecule has 22 heavy (non-hydrogen) atoms. The van der Waals surface area contributed by atoms with Gasteiger partial charge in [-0.25, -0.2) is 0 Å². The van der Waals surface area contributed by atoms with Crippen LogP contribution in [0.3, 0.4) is 0 Å². The normalized spacial score (nSPS) is 32.6. The van der Waals surface area contributed by atoms with Crippen LogP contribution in [0.2, 0.25) is 0 Å². The average molecular weight is 362 g/mol. The number of carbonyl (C=O) groups excluding carboxylic acids is 1. The monoisotopic (exact) mass is 361 g/mol. The van der Waals surface area contributed by atoms with E-state index in [4.69, 9.17) is 0 Å². The molecule has 0 aromatic heterocycles. The van der Waals surface area contributed by atoms with Crippen LogP contribution in [0.1, 0.15) is 52.4 Å². The van der Waals surface area contributed by atoms with E-state index in [0.29, 0.717) is 5.25 Å². The molecule has 0 radical (unpaired) electrons. The van der Waals surface area contributed by atoms with Crippen LogP contribution in [-0.4, -0.2) is 39.5 Å². The lowest BCUT2D eigenvalue weighted by atomic mass is 9.81. The molecule has 0 aromatic carbocycles. The third-order valence-electron chi connectivity index (χ3n) is 4.97. The Kier molecular flexibility index (Phi) is 8.91. The van der Waals surface area contributed by atoms with Crippen LogP contribution >= 0.6 is 35.3 Å². The van der Waals surface area contributed by atoms with Crippen molar-refractivity contribution in [3.05, 3.63) is 0 Å². The van der Waals surface area contributed by atoms with Crippen LogP contribution in [0.5, 0.6) is 0 Å². The van der Waals surface area contributed by atoms with Gasteiger partial charge in [0.2, 0.25) is 0 Å². The van der Waals surface area contributed by atoms with E-state index < -0.39 is 0 Å². The summed E-state index contributed by atoms with van der Waals surface area (Å²) in [5, 5.41) is 4.84. The van der Waals surface area contributed by atoms with Crippen LogP contribution in [0.4, 0.5) is 4.79 Å². The first kappa shape index (κ1) is 18.9. The first-order valence-electron chi connectivity index (χ1n) is 8.85. The molecule has 1 aliphatic heterocycles. The molecule has 1 heterocycles. The van der Waals surface area contributed by atoms with Crippen molar-refractivity contribution in [1.29, 1.82) is 0 Å². The summed E-state index contributed by atoms with van der Waals surface area (Å²) in [6.07, 6.45) is 7.93. The summed E-state index contributed by atoms with van der Waals surface area (Å²) in [7, 11) is 0. The quantitative estimate of drug-likeness (QED) is 0.697. The van der Waals surface area contributed by atoms with E-state index >= 15 is 0 Å². The van der Waals surface area contributed by atoms with Crippen molar-refractivity contribution >= 4 is 40.5 Å². The SMILES string of the molecule is CCC1CCC(CNC(=O)SCC2CSC(CC)CS2)CC1. The van der Waals surface area contributed by atoms with Crippen LogP contribution in [-0.2, 0) is 0 Å². The molecular weight excluding hydrogens is 330 g/mol. The summed E-state index contributed by atoms with van der Waals surface area (Å²) >= 11 is 5.66. The minimum atomic E-state index is 0.195. The molecule has 2 unspecified atom stereocenters. The summed E-state index contributed by atoms with van der Waals surface area (Å²) in [6.45, 7) is 5.47. The van der Waals surface area contributed by atoms with Gasteiger partial charge < -0.3 is 5.32 Å². The van der Waals surface area contributed by atoms with E-state index in [0.717, 1.165) is 29.4 Å². The molecule has 0 aromatic rings. The van der Waals surface area contributed by atoms with Gasteiger partial charge in [-0.3, -0.25) is 4.79 Å². The largest absolute Gasteiger partial charge is 0.347 e. The maximum atomic E-state index is 12.0. The van der Waals surface area contributed by atoms with Crippen molar-refractivity contribution in [2.24, 2.45) is 11.8 Å². The molecule has 1 aliphatic carbocycles. The van der Waals surface area contributed by atoms with Gasteiger partial charge in [-0.2, -0.15) is 23.5 Å². The highest BCUT2D eigenvalue weighted by molar-refractivity contribution is 8.14.